The lowest BCUT2D eigenvalue weighted by Crippen LogP contribution is -2.53. The van der Waals surface area contributed by atoms with E-state index in [2.05, 4.69) is 9.89 Å². The van der Waals surface area contributed by atoms with Crippen molar-refractivity contribution in [2.75, 3.05) is 39.3 Å². The molecule has 154 valence electrons. The number of nitrogens with zero attached hydrogens (tertiary/aromatic N) is 4. The molecule has 0 radical (unpaired) electrons. The largest absolute Gasteiger partial charge is 0.481 e. The highest BCUT2D eigenvalue weighted by atomic mass is 16.7. The number of hydrazine groups is 1. The van der Waals surface area contributed by atoms with Crippen LogP contribution in [-0.2, 0) is 9.59 Å². The van der Waals surface area contributed by atoms with Crippen molar-refractivity contribution in [3.63, 3.8) is 0 Å². The number of carboxylic acid groups (broad SMARTS) is 1. The molecular formula is C15H29N7O5. The van der Waals surface area contributed by atoms with Crippen LogP contribution in [0.3, 0.4) is 0 Å². The highest BCUT2D eigenvalue weighted by Gasteiger charge is 2.24. The normalized spacial score (nSPS) is 16.8. The fourth-order valence-corrected chi connectivity index (χ4v) is 2.80. The monoisotopic (exact) mass is 387 g/mol. The molecule has 0 aliphatic carbocycles. The third kappa shape index (κ3) is 9.70. The number of amides is 1. The van der Waals surface area contributed by atoms with E-state index in [9.17, 15) is 19.7 Å². The summed E-state index contributed by atoms with van der Waals surface area (Å²) in [5, 5.41) is 18.0. The van der Waals surface area contributed by atoms with Crippen LogP contribution in [0, 0.1) is 10.1 Å². The number of nitrogens with one attached hydrogen (secondary N) is 1. The fraction of sp³-hybridized carbons (Fsp3) is 0.800. The second-order valence-corrected chi connectivity index (χ2v) is 6.40. The first-order chi connectivity index (χ1) is 12.8. The summed E-state index contributed by atoms with van der Waals surface area (Å²) < 4.78 is 0. The predicted molar refractivity (Wildman–Crippen MR) is 98.3 cm³/mol. The second kappa shape index (κ2) is 12.0. The van der Waals surface area contributed by atoms with Gasteiger partial charge < -0.3 is 21.5 Å². The molecule has 27 heavy (non-hydrogen) atoms. The molecule has 1 rings (SSSR count). The molecule has 12 heteroatoms. The summed E-state index contributed by atoms with van der Waals surface area (Å²) in [7, 11) is 0. The maximum atomic E-state index is 12.4. The zero-order chi connectivity index (χ0) is 20.2. The van der Waals surface area contributed by atoms with Crippen LogP contribution >= 0.6 is 0 Å². The number of carbonyl (C=O) groups is 2. The highest BCUT2D eigenvalue weighted by Crippen LogP contribution is 2.08. The van der Waals surface area contributed by atoms with E-state index in [1.807, 2.05) is 0 Å². The van der Waals surface area contributed by atoms with Gasteiger partial charge in [0.25, 0.3) is 5.96 Å². The number of carbonyl (C=O) groups excluding carboxylic acids is 1. The lowest BCUT2D eigenvalue weighted by Gasteiger charge is -2.35. The van der Waals surface area contributed by atoms with Gasteiger partial charge in [-0.25, -0.2) is 15.1 Å². The van der Waals surface area contributed by atoms with Crippen molar-refractivity contribution in [1.82, 2.24) is 15.2 Å². The Labute approximate surface area is 157 Å². The molecule has 1 heterocycles. The number of rotatable bonds is 11. The molecule has 0 spiro atoms. The Morgan fingerprint density at radius 1 is 1.22 bits per heavy atom. The van der Waals surface area contributed by atoms with Crippen molar-refractivity contribution in [2.45, 2.75) is 38.1 Å². The third-order valence-electron chi connectivity index (χ3n) is 4.28. The topological polar surface area (TPSA) is 180 Å². The first kappa shape index (κ1) is 22.6. The Bertz CT molecular complexity index is 535. The van der Waals surface area contributed by atoms with Crippen molar-refractivity contribution in [3.8, 4) is 0 Å². The van der Waals surface area contributed by atoms with Gasteiger partial charge in [0.1, 0.15) is 0 Å². The quantitative estimate of drug-likeness (QED) is 0.109. The average molecular weight is 387 g/mol. The number of piperazine rings is 1. The Morgan fingerprint density at radius 2 is 1.89 bits per heavy atom. The molecule has 1 saturated heterocycles. The van der Waals surface area contributed by atoms with E-state index in [1.54, 1.807) is 10.3 Å². The molecule has 0 unspecified atom stereocenters. The molecule has 0 bridgehead atoms. The first-order valence-corrected chi connectivity index (χ1v) is 8.99. The summed E-state index contributed by atoms with van der Waals surface area (Å²) in [6.07, 6.45) is 2.59. The number of carboxylic acids is 1. The molecule has 0 saturated carbocycles. The van der Waals surface area contributed by atoms with Gasteiger partial charge in [0.2, 0.25) is 5.91 Å². The summed E-state index contributed by atoms with van der Waals surface area (Å²) in [5.74, 6) is -1.16. The van der Waals surface area contributed by atoms with Gasteiger partial charge in [0.15, 0.2) is 5.03 Å². The van der Waals surface area contributed by atoms with Crippen molar-refractivity contribution >= 4 is 17.8 Å². The number of unbranched alkanes of at least 4 members (excludes halogenated alkanes) is 1. The Hall–Kier alpha value is -2.47. The second-order valence-electron chi connectivity index (χ2n) is 6.40. The van der Waals surface area contributed by atoms with Crippen LogP contribution in [0.5, 0.6) is 0 Å². The molecule has 1 aliphatic heterocycles. The summed E-state index contributed by atoms with van der Waals surface area (Å²) in [6, 6.07) is -0.632. The fourth-order valence-electron chi connectivity index (χ4n) is 2.80. The molecule has 0 aromatic heterocycles. The summed E-state index contributed by atoms with van der Waals surface area (Å²) in [5.41, 5.74) is 13.0. The number of hydrogen-bond donors (Lipinski definition) is 4. The first-order valence-electron chi connectivity index (χ1n) is 8.99. The minimum Gasteiger partial charge on any atom is -0.481 e. The van der Waals surface area contributed by atoms with Gasteiger partial charge in [0, 0.05) is 39.1 Å². The maximum Gasteiger partial charge on any atom is 0.303 e. The van der Waals surface area contributed by atoms with Crippen LogP contribution in [0.4, 0.5) is 0 Å². The van der Waals surface area contributed by atoms with E-state index < -0.39 is 17.0 Å². The number of guanidine groups is 1. The van der Waals surface area contributed by atoms with Gasteiger partial charge in [-0.15, -0.1) is 0 Å². The summed E-state index contributed by atoms with van der Waals surface area (Å²) in [4.78, 5) is 40.8. The van der Waals surface area contributed by atoms with Gasteiger partial charge in [0.05, 0.1) is 6.04 Å². The number of aliphatic carboxylic acids is 1. The molecule has 1 fully saturated rings. The van der Waals surface area contributed by atoms with Crippen LogP contribution in [0.25, 0.3) is 0 Å². The Morgan fingerprint density at radius 3 is 2.48 bits per heavy atom. The van der Waals surface area contributed by atoms with Crippen LogP contribution in [0.2, 0.25) is 0 Å². The van der Waals surface area contributed by atoms with Gasteiger partial charge in [-0.2, -0.15) is 0 Å². The maximum absolute atomic E-state index is 12.4. The van der Waals surface area contributed by atoms with E-state index in [4.69, 9.17) is 16.6 Å². The standard InChI is InChI=1S/C15H29N7O5/c16-12(4-3-6-18-15(17)19-22(26)27)14(25)21-10-8-20(9-11-21)7-2-1-5-13(23)24/h12H,1-11,16H2,(H,23,24)(H3,17,18,19)/t12-/m0/s1. The van der Waals surface area contributed by atoms with Crippen LogP contribution in [0.1, 0.15) is 32.1 Å². The SMILES string of the molecule is NC(=NCCC[C@H](N)C(=O)N1CCN(CCCCC(=O)O)CC1)N[N+](=O)[O-]. The third-order valence-corrected chi connectivity index (χ3v) is 4.28. The van der Waals surface area contributed by atoms with E-state index in [-0.39, 0.29) is 24.8 Å². The number of aliphatic imine (C=N–C) groups is 1. The van der Waals surface area contributed by atoms with Crippen molar-refractivity contribution in [1.29, 1.82) is 0 Å². The Kier molecular flexibility index (Phi) is 10.0. The van der Waals surface area contributed by atoms with E-state index in [0.29, 0.717) is 32.4 Å². The molecule has 0 aromatic carbocycles. The minimum atomic E-state index is -0.792. The minimum absolute atomic E-state index is 0.110. The zero-order valence-corrected chi connectivity index (χ0v) is 15.4. The van der Waals surface area contributed by atoms with Crippen molar-refractivity contribution in [3.05, 3.63) is 10.1 Å². The zero-order valence-electron chi connectivity index (χ0n) is 15.4. The van der Waals surface area contributed by atoms with E-state index in [0.717, 1.165) is 26.1 Å². The Balaban J connectivity index is 2.21. The van der Waals surface area contributed by atoms with Gasteiger partial charge in [-0.1, -0.05) is 5.43 Å². The number of nitrogens with two attached hydrogens (primary N) is 2. The number of hydrogen-bond acceptors (Lipinski definition) is 7. The van der Waals surface area contributed by atoms with Crippen LogP contribution < -0.4 is 16.9 Å². The molecule has 1 aliphatic rings. The van der Waals surface area contributed by atoms with E-state index in [1.165, 1.54) is 0 Å². The molecule has 1 amide bonds. The van der Waals surface area contributed by atoms with Gasteiger partial charge >= 0.3 is 5.97 Å². The smallest absolute Gasteiger partial charge is 0.303 e. The number of nitro groups is 1. The van der Waals surface area contributed by atoms with Gasteiger partial charge in [-0.3, -0.25) is 14.5 Å². The molecule has 1 atom stereocenters. The lowest BCUT2D eigenvalue weighted by molar-refractivity contribution is -0.525. The van der Waals surface area contributed by atoms with E-state index >= 15 is 0 Å². The van der Waals surface area contributed by atoms with Crippen LogP contribution in [0.15, 0.2) is 4.99 Å². The summed E-state index contributed by atoms with van der Waals surface area (Å²) >= 11 is 0. The summed E-state index contributed by atoms with van der Waals surface area (Å²) in [6.45, 7) is 3.78. The molecule has 12 nitrogen and oxygen atoms in total. The average Bonchev–Trinajstić information content (AvgIpc) is 2.61. The molecule has 6 N–H and O–H groups in total. The molecular weight excluding hydrogens is 358 g/mol. The van der Waals surface area contributed by atoms with Crippen molar-refractivity contribution in [2.24, 2.45) is 16.5 Å². The predicted octanol–water partition coefficient (Wildman–Crippen LogP) is -1.41. The van der Waals surface area contributed by atoms with Crippen LogP contribution in [-0.4, -0.2) is 83.1 Å². The van der Waals surface area contributed by atoms with Gasteiger partial charge in [-0.05, 0) is 32.2 Å². The lowest BCUT2D eigenvalue weighted by atomic mass is 10.1. The highest BCUT2D eigenvalue weighted by molar-refractivity contribution is 5.81. The van der Waals surface area contributed by atoms with Crippen molar-refractivity contribution < 1.29 is 19.7 Å². The molecule has 0 aromatic rings.